The first-order valence-electron chi connectivity index (χ1n) is 16.1. The summed E-state index contributed by atoms with van der Waals surface area (Å²) in [5, 5.41) is 0. The summed E-state index contributed by atoms with van der Waals surface area (Å²) in [6.07, 6.45) is 16.5. The topological polar surface area (TPSA) is 0 Å². The van der Waals surface area contributed by atoms with E-state index in [-0.39, 0.29) is 5.82 Å². The fourth-order valence-corrected chi connectivity index (χ4v) is 8.77. The Labute approximate surface area is 238 Å². The predicted molar refractivity (Wildman–Crippen MR) is 166 cm³/mol. The maximum absolute atomic E-state index is 13.4. The minimum atomic E-state index is -0.174. The highest BCUT2D eigenvalue weighted by atomic mass is 19.1. The standard InChI is InChI=1S/C38H51F/c1-6-29(7-2)24-26(3)19-22-38(21-9-10-27(4)30-14-16-31(39)17-15-30)23-20-33-35-18-13-28(5)32-11-8-12-34(37(32)35)36(33)25-38/h8,11-12,14-17,28-29,33,35-36H,3-4,6-7,9-10,13,18-25H2,1-2,5H3/t28?,33-,35?,36-,38?/m1/s1. The van der Waals surface area contributed by atoms with Crippen LogP contribution in [0.2, 0.25) is 0 Å². The van der Waals surface area contributed by atoms with Gasteiger partial charge in [0, 0.05) is 0 Å². The molecule has 0 nitrogen and oxygen atoms in total. The third kappa shape index (κ3) is 5.98. The summed E-state index contributed by atoms with van der Waals surface area (Å²) in [4.78, 5) is 0. The van der Waals surface area contributed by atoms with Gasteiger partial charge in [-0.05, 0) is 146 Å². The summed E-state index contributed by atoms with van der Waals surface area (Å²) in [6.45, 7) is 16.0. The van der Waals surface area contributed by atoms with Crippen molar-refractivity contribution in [3.05, 3.63) is 89.3 Å². The van der Waals surface area contributed by atoms with Crippen molar-refractivity contribution in [2.75, 3.05) is 0 Å². The highest BCUT2D eigenvalue weighted by Gasteiger charge is 2.50. The molecule has 1 fully saturated rings. The lowest BCUT2D eigenvalue weighted by atomic mass is 9.60. The number of rotatable bonds is 12. The van der Waals surface area contributed by atoms with Crippen molar-refractivity contribution in [1.29, 1.82) is 0 Å². The van der Waals surface area contributed by atoms with Gasteiger partial charge in [-0.25, -0.2) is 4.39 Å². The van der Waals surface area contributed by atoms with Crippen molar-refractivity contribution in [3.8, 4) is 0 Å². The molecule has 2 aromatic rings. The second-order valence-electron chi connectivity index (χ2n) is 13.5. The Bertz CT molecular complexity index is 1150. The first kappa shape index (κ1) is 28.4. The van der Waals surface area contributed by atoms with E-state index < -0.39 is 0 Å². The molecule has 1 heteroatoms. The molecular weight excluding hydrogens is 475 g/mol. The Balaban J connectivity index is 1.33. The molecular formula is C38H51F. The highest BCUT2D eigenvalue weighted by Crippen LogP contribution is 2.63. The van der Waals surface area contributed by atoms with Crippen LogP contribution in [0.25, 0.3) is 5.57 Å². The second kappa shape index (κ2) is 12.2. The van der Waals surface area contributed by atoms with Crippen molar-refractivity contribution < 1.29 is 4.39 Å². The van der Waals surface area contributed by atoms with Gasteiger partial charge in [-0.2, -0.15) is 0 Å². The lowest BCUT2D eigenvalue weighted by molar-refractivity contribution is 0.0959. The zero-order chi connectivity index (χ0) is 27.6. The maximum atomic E-state index is 13.4. The maximum Gasteiger partial charge on any atom is 0.123 e. The van der Waals surface area contributed by atoms with Crippen LogP contribution in [0.4, 0.5) is 4.39 Å². The molecule has 3 unspecified atom stereocenters. The van der Waals surface area contributed by atoms with E-state index in [2.05, 4.69) is 52.1 Å². The molecule has 5 atom stereocenters. The average Bonchev–Trinajstić information content (AvgIpc) is 3.26. The molecule has 0 aromatic heterocycles. The molecule has 2 aromatic carbocycles. The van der Waals surface area contributed by atoms with Gasteiger partial charge < -0.3 is 0 Å². The van der Waals surface area contributed by atoms with Crippen LogP contribution in [-0.4, -0.2) is 0 Å². The molecule has 0 radical (unpaired) electrons. The average molecular weight is 527 g/mol. The largest absolute Gasteiger partial charge is 0.207 e. The molecule has 3 aliphatic carbocycles. The van der Waals surface area contributed by atoms with Crippen LogP contribution >= 0.6 is 0 Å². The van der Waals surface area contributed by atoms with Gasteiger partial charge in [-0.3, -0.25) is 0 Å². The number of halogens is 1. The first-order chi connectivity index (χ1) is 18.8. The highest BCUT2D eigenvalue weighted by molar-refractivity contribution is 5.63. The number of fused-ring (bicyclic) bond motifs is 3. The molecule has 39 heavy (non-hydrogen) atoms. The number of benzene rings is 2. The molecule has 0 amide bonds. The molecule has 0 saturated heterocycles. The van der Waals surface area contributed by atoms with E-state index >= 15 is 0 Å². The summed E-state index contributed by atoms with van der Waals surface area (Å²) in [6, 6.07) is 14.2. The SMILES string of the molecule is C=C(CCC1(CCCC(=C)c2ccc(F)cc2)CC[C@@H]2C3CCC(C)c4cccc(c43)[C@@H]2C1)CC(CC)CC. The summed E-state index contributed by atoms with van der Waals surface area (Å²) >= 11 is 0. The Morgan fingerprint density at radius 2 is 1.67 bits per heavy atom. The molecule has 0 N–H and O–H groups in total. The van der Waals surface area contributed by atoms with Crippen LogP contribution in [0.5, 0.6) is 0 Å². The molecule has 0 heterocycles. The zero-order valence-electron chi connectivity index (χ0n) is 24.9. The van der Waals surface area contributed by atoms with Crippen LogP contribution < -0.4 is 0 Å². The van der Waals surface area contributed by atoms with Gasteiger partial charge in [0.1, 0.15) is 5.82 Å². The van der Waals surface area contributed by atoms with E-state index in [4.69, 9.17) is 0 Å². The monoisotopic (exact) mass is 526 g/mol. The lowest BCUT2D eigenvalue weighted by Crippen LogP contribution is -2.33. The van der Waals surface area contributed by atoms with Crippen molar-refractivity contribution >= 4 is 5.57 Å². The third-order valence-corrected chi connectivity index (χ3v) is 11.3. The minimum Gasteiger partial charge on any atom is -0.207 e. The van der Waals surface area contributed by atoms with Crippen LogP contribution in [0.15, 0.2) is 61.2 Å². The van der Waals surface area contributed by atoms with E-state index in [1.807, 2.05) is 12.1 Å². The minimum absolute atomic E-state index is 0.174. The molecule has 5 rings (SSSR count). The normalized spacial score (nSPS) is 27.3. The number of allylic oxidation sites excluding steroid dienone is 2. The summed E-state index contributed by atoms with van der Waals surface area (Å²) in [7, 11) is 0. The smallest absolute Gasteiger partial charge is 0.123 e. The van der Waals surface area contributed by atoms with Crippen molar-refractivity contribution in [2.45, 2.75) is 122 Å². The Morgan fingerprint density at radius 1 is 0.923 bits per heavy atom. The zero-order valence-corrected chi connectivity index (χ0v) is 24.9. The summed E-state index contributed by atoms with van der Waals surface area (Å²) in [5.41, 5.74) is 9.24. The summed E-state index contributed by atoms with van der Waals surface area (Å²) < 4.78 is 13.4. The van der Waals surface area contributed by atoms with Crippen molar-refractivity contribution in [2.24, 2.45) is 17.3 Å². The second-order valence-corrected chi connectivity index (χ2v) is 13.5. The lowest BCUT2D eigenvalue weighted by Gasteiger charge is -2.45. The number of hydrogen-bond donors (Lipinski definition) is 0. The van der Waals surface area contributed by atoms with Gasteiger partial charge in [0.25, 0.3) is 0 Å². The van der Waals surface area contributed by atoms with Crippen LogP contribution in [0, 0.1) is 23.1 Å². The van der Waals surface area contributed by atoms with Gasteiger partial charge in [0.05, 0.1) is 0 Å². The third-order valence-electron chi connectivity index (χ3n) is 11.3. The van der Waals surface area contributed by atoms with Gasteiger partial charge in [0.15, 0.2) is 0 Å². The van der Waals surface area contributed by atoms with E-state index in [0.29, 0.717) is 11.3 Å². The van der Waals surface area contributed by atoms with Crippen LogP contribution in [0.3, 0.4) is 0 Å². The molecule has 0 bridgehead atoms. The molecule has 0 spiro atoms. The molecule has 3 aliphatic rings. The van der Waals surface area contributed by atoms with Crippen molar-refractivity contribution in [1.82, 2.24) is 0 Å². The van der Waals surface area contributed by atoms with E-state index in [1.165, 1.54) is 82.6 Å². The van der Waals surface area contributed by atoms with Crippen LogP contribution in [0.1, 0.15) is 144 Å². The van der Waals surface area contributed by atoms with E-state index in [0.717, 1.165) is 41.2 Å². The Morgan fingerprint density at radius 3 is 2.41 bits per heavy atom. The van der Waals surface area contributed by atoms with Gasteiger partial charge in [-0.15, -0.1) is 0 Å². The quantitative estimate of drug-likeness (QED) is 0.241. The Kier molecular flexibility index (Phi) is 8.85. The predicted octanol–water partition coefficient (Wildman–Crippen LogP) is 11.7. The summed E-state index contributed by atoms with van der Waals surface area (Å²) in [5.74, 6) is 3.71. The first-order valence-corrected chi connectivity index (χ1v) is 16.1. The fraction of sp³-hybridized carbons (Fsp3) is 0.579. The Hall–Kier alpha value is -2.15. The van der Waals surface area contributed by atoms with E-state index in [9.17, 15) is 4.39 Å². The molecule has 0 aliphatic heterocycles. The van der Waals surface area contributed by atoms with E-state index in [1.54, 1.807) is 28.8 Å². The van der Waals surface area contributed by atoms with Crippen molar-refractivity contribution in [3.63, 3.8) is 0 Å². The van der Waals surface area contributed by atoms with Crippen LogP contribution in [-0.2, 0) is 0 Å². The van der Waals surface area contributed by atoms with Gasteiger partial charge in [-0.1, -0.05) is 82.7 Å². The van der Waals surface area contributed by atoms with Gasteiger partial charge >= 0.3 is 0 Å². The molecule has 1 saturated carbocycles. The molecule has 210 valence electrons. The fourth-order valence-electron chi connectivity index (χ4n) is 8.77. The van der Waals surface area contributed by atoms with Gasteiger partial charge in [0.2, 0.25) is 0 Å². The number of hydrogen-bond acceptors (Lipinski definition) is 0.